The van der Waals surface area contributed by atoms with Crippen molar-refractivity contribution in [3.63, 3.8) is 0 Å². The average Bonchev–Trinajstić information content (AvgIpc) is 3.25. The number of quaternary nitrogens is 1. The van der Waals surface area contributed by atoms with Crippen LogP contribution >= 0.6 is 11.3 Å². The van der Waals surface area contributed by atoms with Crippen LogP contribution in [0.25, 0.3) is 0 Å². The van der Waals surface area contributed by atoms with E-state index in [0.29, 0.717) is 85.1 Å². The molecule has 0 aliphatic heterocycles. The first-order valence-corrected chi connectivity index (χ1v) is 14.6. The van der Waals surface area contributed by atoms with Gasteiger partial charge in [-0.15, -0.1) is 21.6 Å². The maximum absolute atomic E-state index is 12.1. The molecule has 0 saturated heterocycles. The van der Waals surface area contributed by atoms with Crippen LogP contribution in [0.4, 0.5) is 22.1 Å². The molecule has 1 aromatic carbocycles. The third kappa shape index (κ3) is 12.2. The fourth-order valence-electron chi connectivity index (χ4n) is 3.70. The normalized spacial score (nSPS) is 11.4. The molecule has 2 aromatic rings. The Labute approximate surface area is 253 Å². The highest BCUT2D eigenvalue weighted by Gasteiger charge is 2.16. The summed E-state index contributed by atoms with van der Waals surface area (Å²) < 4.78 is 18.1. The number of amides is 1. The number of nitriles is 2. The fourth-order valence-corrected chi connectivity index (χ4v) is 4.58. The molecule has 0 unspecified atom stereocenters. The molecule has 2 rings (SSSR count). The zero-order valence-electron chi connectivity index (χ0n) is 25.5. The first-order valence-electron chi connectivity index (χ1n) is 13.8. The molecule has 228 valence electrons. The highest BCUT2D eigenvalue weighted by molar-refractivity contribution is 7.16. The molecular weight excluding hydrogens is 556 g/mol. The minimum absolute atomic E-state index is 0.223. The van der Waals surface area contributed by atoms with E-state index >= 15 is 0 Å². The minimum atomic E-state index is -0.223. The molecule has 1 heterocycles. The lowest BCUT2D eigenvalue weighted by atomic mass is 10.2. The van der Waals surface area contributed by atoms with Crippen molar-refractivity contribution in [2.75, 3.05) is 104 Å². The highest BCUT2D eigenvalue weighted by atomic mass is 32.1. The third-order valence-corrected chi connectivity index (χ3v) is 7.10. The number of thiophene rings is 1. The first kappa shape index (κ1) is 34.8. The molecule has 42 heavy (non-hydrogen) atoms. The number of nitrogens with zero attached hydrogens (tertiary/aromatic N) is 6. The van der Waals surface area contributed by atoms with Gasteiger partial charge in [0, 0.05) is 26.6 Å². The largest absolute Gasteiger partial charge is 0.378 e. The molecule has 0 atom stereocenters. The van der Waals surface area contributed by atoms with Crippen molar-refractivity contribution in [1.29, 1.82) is 10.5 Å². The van der Waals surface area contributed by atoms with Gasteiger partial charge >= 0.3 is 0 Å². The van der Waals surface area contributed by atoms with Crippen molar-refractivity contribution in [2.45, 2.75) is 13.8 Å². The van der Waals surface area contributed by atoms with Gasteiger partial charge in [-0.05, 0) is 37.7 Å². The Bertz CT molecular complexity index is 1260. The standard InChI is InChI=1S/C29H42N8O4S/c1-22-25(20-30)29(42-28(22)21-31)35-34-24-7-8-27(26(19-24)33-23(2)38)36(10-14-40-16-12-37(4,5)6)11-15-41-18-17-39-13-9-32-3/h7-8,19,32H,9-18H2,1-6H3/p+1/b35-34+. The van der Waals surface area contributed by atoms with Crippen molar-refractivity contribution in [2.24, 2.45) is 10.2 Å². The van der Waals surface area contributed by atoms with E-state index in [0.717, 1.165) is 34.6 Å². The Balaban J connectivity index is 2.21. The molecular formula is C29H43N8O4S+. The topological polar surface area (TPSA) is 144 Å². The predicted octanol–water partition coefficient (Wildman–Crippen LogP) is 3.96. The van der Waals surface area contributed by atoms with E-state index < -0.39 is 0 Å². The lowest BCUT2D eigenvalue weighted by Gasteiger charge is -2.28. The van der Waals surface area contributed by atoms with Gasteiger partial charge in [0.2, 0.25) is 5.91 Å². The number of hydrogen-bond acceptors (Lipinski definition) is 11. The monoisotopic (exact) mass is 599 g/mol. The van der Waals surface area contributed by atoms with Crippen LogP contribution in [-0.4, -0.2) is 104 Å². The van der Waals surface area contributed by atoms with Gasteiger partial charge in [-0.25, -0.2) is 0 Å². The van der Waals surface area contributed by atoms with Crippen LogP contribution in [-0.2, 0) is 19.0 Å². The maximum Gasteiger partial charge on any atom is 0.221 e. The lowest BCUT2D eigenvalue weighted by molar-refractivity contribution is -0.870. The third-order valence-electron chi connectivity index (χ3n) is 6.02. The van der Waals surface area contributed by atoms with E-state index in [1.165, 1.54) is 6.92 Å². The van der Waals surface area contributed by atoms with E-state index in [-0.39, 0.29) is 5.91 Å². The summed E-state index contributed by atoms with van der Waals surface area (Å²) in [6.07, 6.45) is 0. The highest BCUT2D eigenvalue weighted by Crippen LogP contribution is 2.36. The van der Waals surface area contributed by atoms with E-state index in [1.54, 1.807) is 19.1 Å². The van der Waals surface area contributed by atoms with Crippen molar-refractivity contribution >= 4 is 39.3 Å². The molecule has 1 aromatic heterocycles. The van der Waals surface area contributed by atoms with Crippen molar-refractivity contribution in [3.05, 3.63) is 34.2 Å². The quantitative estimate of drug-likeness (QED) is 0.140. The van der Waals surface area contributed by atoms with Gasteiger partial charge in [-0.3, -0.25) is 4.79 Å². The van der Waals surface area contributed by atoms with Gasteiger partial charge in [0.15, 0.2) is 5.00 Å². The zero-order valence-corrected chi connectivity index (χ0v) is 26.3. The second-order valence-electron chi connectivity index (χ2n) is 10.5. The van der Waals surface area contributed by atoms with Crippen molar-refractivity contribution in [3.8, 4) is 12.1 Å². The summed E-state index contributed by atoms with van der Waals surface area (Å²) in [7, 11) is 8.25. The van der Waals surface area contributed by atoms with E-state index in [1.807, 2.05) is 13.1 Å². The molecule has 12 nitrogen and oxygen atoms in total. The summed E-state index contributed by atoms with van der Waals surface area (Å²) in [4.78, 5) is 14.7. The number of carbonyl (C=O) groups excluding carboxylic acids is 1. The number of carbonyl (C=O) groups is 1. The Kier molecular flexibility index (Phi) is 15.1. The number of benzene rings is 1. The summed E-state index contributed by atoms with van der Waals surface area (Å²) in [5.74, 6) is -0.223. The molecule has 0 aliphatic carbocycles. The smallest absolute Gasteiger partial charge is 0.221 e. The van der Waals surface area contributed by atoms with Crippen LogP contribution in [0.5, 0.6) is 0 Å². The summed E-state index contributed by atoms with van der Waals surface area (Å²) in [6.45, 7) is 9.23. The van der Waals surface area contributed by atoms with Crippen molar-refractivity contribution < 1.29 is 23.5 Å². The van der Waals surface area contributed by atoms with E-state index in [4.69, 9.17) is 14.2 Å². The number of hydrogen-bond donors (Lipinski definition) is 2. The molecule has 0 bridgehead atoms. The second-order valence-corrected chi connectivity index (χ2v) is 11.5. The van der Waals surface area contributed by atoms with Crippen LogP contribution in [0, 0.1) is 29.6 Å². The van der Waals surface area contributed by atoms with Crippen LogP contribution < -0.4 is 15.5 Å². The Morgan fingerprint density at radius 3 is 2.26 bits per heavy atom. The van der Waals surface area contributed by atoms with Gasteiger partial charge in [-0.2, -0.15) is 10.5 Å². The fraction of sp³-hybridized carbons (Fsp3) is 0.552. The molecule has 2 N–H and O–H groups in total. The molecule has 0 fully saturated rings. The van der Waals surface area contributed by atoms with E-state index in [9.17, 15) is 15.3 Å². The predicted molar refractivity (Wildman–Crippen MR) is 165 cm³/mol. The summed E-state index contributed by atoms with van der Waals surface area (Å²) in [5, 5.41) is 33.7. The molecule has 0 saturated carbocycles. The Hall–Kier alpha value is -3.43. The average molecular weight is 600 g/mol. The molecule has 0 radical (unpaired) electrons. The Morgan fingerprint density at radius 1 is 1.00 bits per heavy atom. The summed E-state index contributed by atoms with van der Waals surface area (Å²) >= 11 is 1.12. The number of azo groups is 1. The van der Waals surface area contributed by atoms with Crippen LogP contribution in [0.3, 0.4) is 0 Å². The van der Waals surface area contributed by atoms with Crippen LogP contribution in [0.1, 0.15) is 22.9 Å². The lowest BCUT2D eigenvalue weighted by Crippen LogP contribution is -2.38. The van der Waals surface area contributed by atoms with Crippen molar-refractivity contribution in [1.82, 2.24) is 5.32 Å². The van der Waals surface area contributed by atoms with Gasteiger partial charge < -0.3 is 34.2 Å². The number of anilines is 2. The van der Waals surface area contributed by atoms with Gasteiger partial charge in [-0.1, -0.05) is 0 Å². The zero-order chi connectivity index (χ0) is 31.0. The SMILES string of the molecule is CNCCOCCOCCN(CCOCC[N+](C)(C)C)c1ccc(/N=N/c2sc(C#N)c(C)c2C#N)cc1NC(C)=O. The first-order chi connectivity index (χ1) is 20.1. The number of nitrogens with one attached hydrogen (secondary N) is 2. The van der Waals surface area contributed by atoms with Gasteiger partial charge in [0.25, 0.3) is 0 Å². The molecule has 0 spiro atoms. The second kappa shape index (κ2) is 18.2. The summed E-state index contributed by atoms with van der Waals surface area (Å²) in [5.41, 5.74) is 2.79. The number of ether oxygens (including phenoxy) is 3. The van der Waals surface area contributed by atoms with Crippen LogP contribution in [0.15, 0.2) is 28.4 Å². The molecule has 1 amide bonds. The van der Waals surface area contributed by atoms with Gasteiger partial charge in [0.05, 0.1) is 83.4 Å². The van der Waals surface area contributed by atoms with E-state index in [2.05, 4.69) is 59.0 Å². The molecule has 13 heteroatoms. The van der Waals surface area contributed by atoms with Gasteiger partial charge in [0.1, 0.15) is 23.6 Å². The maximum atomic E-state index is 12.1. The Morgan fingerprint density at radius 2 is 1.67 bits per heavy atom. The minimum Gasteiger partial charge on any atom is -0.378 e. The summed E-state index contributed by atoms with van der Waals surface area (Å²) in [6, 6.07) is 9.59. The number of likely N-dealkylation sites (N-methyl/N-ethyl adjacent to an activating group) is 2. The van der Waals surface area contributed by atoms with Crippen LogP contribution in [0.2, 0.25) is 0 Å². The molecule has 0 aliphatic rings. The number of rotatable bonds is 19.